The molecule has 0 amide bonds. The molecule has 0 saturated heterocycles. The molecule has 18 heteroatoms. The van der Waals surface area contributed by atoms with Crippen LogP contribution in [0.2, 0.25) is 0 Å². The van der Waals surface area contributed by atoms with Gasteiger partial charge in [-0.3, -0.25) is 12.5 Å². The predicted molar refractivity (Wildman–Crippen MR) is 240 cm³/mol. The Labute approximate surface area is 388 Å². The van der Waals surface area contributed by atoms with Crippen LogP contribution in [0.3, 0.4) is 0 Å². The first-order chi connectivity index (χ1) is 28.7. The Morgan fingerprint density at radius 1 is 0.295 bits per heavy atom. The molecule has 0 aromatic rings. The molecule has 366 valence electrons. The molecular weight excluding hydrogens is 902 g/mol. The molecule has 14 nitrogen and oxygen atoms in total. The molecule has 0 radical (unpaired) electrons. The van der Waals surface area contributed by atoms with Crippen LogP contribution in [0.5, 0.6) is 0 Å². The van der Waals surface area contributed by atoms with Crippen molar-refractivity contribution in [2.24, 2.45) is 0 Å². The zero-order chi connectivity index (χ0) is 45.3. The van der Waals surface area contributed by atoms with Crippen molar-refractivity contribution in [2.75, 3.05) is 65.7 Å². The minimum atomic E-state index is -4.57. The topological polar surface area (TPSA) is 204 Å². The second kappa shape index (κ2) is 52.8. The van der Waals surface area contributed by atoms with Gasteiger partial charge in [0.1, 0.15) is 0 Å². The number of hydrogen-bond donors (Lipinski definition) is 0. The van der Waals surface area contributed by atoms with Crippen LogP contribution in [0, 0.1) is 0 Å². The quantitative estimate of drug-likeness (QED) is 0.0183. The van der Waals surface area contributed by atoms with Crippen molar-refractivity contribution in [2.45, 2.75) is 213 Å². The standard InChI is InChI=1S/C15H32O4S.2C14H30O5S.Zn/c1-3-4-5-6-7-8-9-10-11-12-13-18-14-15-19-20(2,16)17;2*1-2-3-4-5-6-7-8-9-10-11-12-18-13-14-19-20(15,16)17;/h3-15H2,1-2H3;2*2-14H2,1H3,(H,15,16,17);/q;;;+2/p-2. The fourth-order valence-corrected chi connectivity index (χ4v) is 6.93. The molecule has 0 unspecified atom stereocenters. The van der Waals surface area contributed by atoms with Crippen LogP contribution >= 0.6 is 0 Å². The minimum absolute atomic E-state index is 0. The monoisotopic (exact) mass is 990 g/mol. The molecule has 0 bridgehead atoms. The zero-order valence-electron chi connectivity index (χ0n) is 39.2. The van der Waals surface area contributed by atoms with Crippen LogP contribution in [0.15, 0.2) is 0 Å². The Bertz CT molecular complexity index is 1020. The van der Waals surface area contributed by atoms with Crippen LogP contribution in [-0.2, 0) is 77.2 Å². The molecule has 0 heterocycles. The molecule has 0 fully saturated rings. The maximum atomic E-state index is 10.7. The molecule has 0 aliphatic rings. The summed E-state index contributed by atoms with van der Waals surface area (Å²) in [5, 5.41) is 0. The number of rotatable bonds is 45. The first kappa shape index (κ1) is 67.7. The van der Waals surface area contributed by atoms with Crippen LogP contribution in [-0.4, -0.2) is 100 Å². The van der Waals surface area contributed by atoms with Gasteiger partial charge in [0.25, 0.3) is 10.1 Å². The van der Waals surface area contributed by atoms with E-state index in [4.69, 9.17) is 14.2 Å². The zero-order valence-corrected chi connectivity index (χ0v) is 44.6. The van der Waals surface area contributed by atoms with Crippen molar-refractivity contribution in [3.05, 3.63) is 0 Å². The summed E-state index contributed by atoms with van der Waals surface area (Å²) >= 11 is 0. The second-order valence-corrected chi connectivity index (χ2v) is 19.1. The third kappa shape index (κ3) is 77.7. The maximum absolute atomic E-state index is 10.7. The van der Waals surface area contributed by atoms with Gasteiger partial charge in [-0.2, -0.15) is 8.42 Å². The molecule has 0 atom stereocenters. The fraction of sp³-hybridized carbons (Fsp3) is 1.00. The summed E-state index contributed by atoms with van der Waals surface area (Å²) in [6, 6.07) is 0. The van der Waals surface area contributed by atoms with E-state index in [-0.39, 0.29) is 52.5 Å². The van der Waals surface area contributed by atoms with Crippen LogP contribution in [0.4, 0.5) is 0 Å². The summed E-state index contributed by atoms with van der Waals surface area (Å²) in [5.41, 5.74) is 0. The smallest absolute Gasteiger partial charge is 0.726 e. The summed E-state index contributed by atoms with van der Waals surface area (Å²) in [6.07, 6.45) is 39.4. The number of unbranched alkanes of at least 4 members (excludes halogenated alkanes) is 27. The molecule has 61 heavy (non-hydrogen) atoms. The average Bonchev–Trinajstić information content (AvgIpc) is 3.17. The molecule has 0 saturated carbocycles. The van der Waals surface area contributed by atoms with Gasteiger partial charge in [0.2, 0.25) is 20.8 Å². The molecule has 0 aliphatic carbocycles. The fourth-order valence-electron chi connectivity index (χ4n) is 6.02. The molecule has 0 aliphatic heterocycles. The van der Waals surface area contributed by atoms with Crippen molar-refractivity contribution >= 4 is 30.9 Å². The van der Waals surface area contributed by atoms with Gasteiger partial charge in [-0.1, -0.05) is 194 Å². The van der Waals surface area contributed by atoms with Gasteiger partial charge in [0.05, 0.1) is 45.9 Å². The predicted octanol–water partition coefficient (Wildman–Crippen LogP) is 10.7. The van der Waals surface area contributed by atoms with E-state index in [2.05, 4.69) is 33.3 Å². The van der Waals surface area contributed by atoms with E-state index in [9.17, 15) is 34.4 Å². The third-order valence-corrected chi connectivity index (χ3v) is 10.9. The van der Waals surface area contributed by atoms with Crippen molar-refractivity contribution in [3.63, 3.8) is 0 Å². The van der Waals surface area contributed by atoms with Crippen molar-refractivity contribution in [1.29, 1.82) is 0 Å². The average molecular weight is 993 g/mol. The van der Waals surface area contributed by atoms with Crippen LogP contribution in [0.1, 0.15) is 213 Å². The van der Waals surface area contributed by atoms with E-state index in [1.54, 1.807) is 0 Å². The van der Waals surface area contributed by atoms with E-state index in [0.29, 0.717) is 26.4 Å². The first-order valence-electron chi connectivity index (χ1n) is 23.5. The first-order valence-corrected chi connectivity index (χ1v) is 27.9. The normalized spacial score (nSPS) is 11.7. The van der Waals surface area contributed by atoms with E-state index in [0.717, 1.165) is 38.4 Å². The van der Waals surface area contributed by atoms with Crippen molar-refractivity contribution < 1.29 is 80.6 Å². The van der Waals surface area contributed by atoms with Crippen molar-refractivity contribution in [3.8, 4) is 0 Å². The van der Waals surface area contributed by atoms with E-state index in [1.165, 1.54) is 161 Å². The molecule has 0 aromatic carbocycles. The summed E-state index contributed by atoms with van der Waals surface area (Å²) in [4.78, 5) is 0. The number of hydrogen-bond acceptors (Lipinski definition) is 14. The number of ether oxygens (including phenoxy) is 3. The van der Waals surface area contributed by atoms with Crippen molar-refractivity contribution in [1.82, 2.24) is 0 Å². The maximum Gasteiger partial charge on any atom is 2.00 e. The molecule has 0 N–H and O–H groups in total. The van der Waals surface area contributed by atoms with E-state index >= 15 is 0 Å². The third-order valence-electron chi connectivity index (χ3n) is 9.36. The van der Waals surface area contributed by atoms with Crippen LogP contribution < -0.4 is 0 Å². The second-order valence-electron chi connectivity index (χ2n) is 15.4. The van der Waals surface area contributed by atoms with E-state index < -0.39 is 30.9 Å². The Balaban J connectivity index is -0.000000396. The summed E-state index contributed by atoms with van der Waals surface area (Å²) in [5.74, 6) is 0. The van der Waals surface area contributed by atoms with Gasteiger partial charge in [-0.15, -0.1) is 0 Å². The van der Waals surface area contributed by atoms with Gasteiger partial charge in [-0.25, -0.2) is 16.8 Å². The molecule has 0 aromatic heterocycles. The largest absolute Gasteiger partial charge is 2.00 e. The molecule has 0 spiro atoms. The Morgan fingerprint density at radius 2 is 0.492 bits per heavy atom. The molecule has 0 rings (SSSR count). The summed E-state index contributed by atoms with van der Waals surface area (Å²) in [7, 11) is -12.5. The van der Waals surface area contributed by atoms with Gasteiger partial charge in [-0.05, 0) is 19.3 Å². The summed E-state index contributed by atoms with van der Waals surface area (Å²) in [6.45, 7) is 8.99. The van der Waals surface area contributed by atoms with Gasteiger partial charge >= 0.3 is 19.5 Å². The summed E-state index contributed by atoms with van der Waals surface area (Å²) < 4.78 is 110. The van der Waals surface area contributed by atoms with Crippen LogP contribution in [0.25, 0.3) is 0 Å². The van der Waals surface area contributed by atoms with Gasteiger partial charge < -0.3 is 23.3 Å². The van der Waals surface area contributed by atoms with Gasteiger partial charge in [0, 0.05) is 19.8 Å². The Morgan fingerprint density at radius 3 is 0.689 bits per heavy atom. The van der Waals surface area contributed by atoms with E-state index in [1.807, 2.05) is 0 Å². The SMILES string of the molecule is CCCCCCCCCCCCOCCOS(=O)(=O)[O-].CCCCCCCCCCCCOCCOS(=O)(=O)[O-].CCCCCCCCCCCCOCCOS(C)(=O)=O.[Zn+2]. The Hall–Kier alpha value is 0.153. The van der Waals surface area contributed by atoms with Gasteiger partial charge in [0.15, 0.2) is 0 Å². The minimum Gasteiger partial charge on any atom is -0.726 e. The Kier molecular flexibility index (Phi) is 58.6. The molecular formula is C43H90O14S3Zn.